The Morgan fingerprint density at radius 1 is 1.33 bits per heavy atom. The van der Waals surface area contributed by atoms with Crippen molar-refractivity contribution in [2.24, 2.45) is 5.73 Å². The van der Waals surface area contributed by atoms with Crippen molar-refractivity contribution in [2.75, 3.05) is 0 Å². The molecule has 1 unspecified atom stereocenters. The maximum Gasteiger partial charge on any atom is 0.0656 e. The number of aryl methyl sites for hydroxylation is 1. The van der Waals surface area contributed by atoms with Gasteiger partial charge in [0, 0.05) is 12.4 Å². The van der Waals surface area contributed by atoms with Crippen LogP contribution in [0.1, 0.15) is 22.7 Å². The predicted octanol–water partition coefficient (Wildman–Crippen LogP) is 3.10. The Hall–Kier alpha value is -0.460. The monoisotopic (exact) mass is 330 g/mol. The maximum atomic E-state index is 6.16. The van der Waals surface area contributed by atoms with Crippen LogP contribution in [0.4, 0.5) is 0 Å². The van der Waals surface area contributed by atoms with Crippen LogP contribution >= 0.6 is 33.9 Å². The Morgan fingerprint density at radius 3 is 2.73 bits per heavy atom. The zero-order valence-electron chi connectivity index (χ0n) is 8.27. The van der Waals surface area contributed by atoms with Gasteiger partial charge in [0.25, 0.3) is 0 Å². The van der Waals surface area contributed by atoms with E-state index < -0.39 is 0 Å². The first-order valence-corrected chi connectivity index (χ1v) is 6.54. The Balaban J connectivity index is 2.32. The molecule has 2 aromatic heterocycles. The number of rotatable bonds is 2. The van der Waals surface area contributed by atoms with E-state index >= 15 is 0 Å². The molecule has 2 aromatic rings. The number of nitrogens with two attached hydrogens (primary N) is 1. The first-order valence-electron chi connectivity index (χ1n) is 4.58. The Morgan fingerprint density at radius 2 is 2.13 bits per heavy atom. The molecule has 0 spiro atoms. The number of hydrogen-bond acceptors (Lipinski definition) is 3. The van der Waals surface area contributed by atoms with Crippen molar-refractivity contribution >= 4 is 33.9 Å². The summed E-state index contributed by atoms with van der Waals surface area (Å²) in [6.07, 6.45) is 3.68. The molecule has 0 aliphatic heterocycles. The third-order valence-corrected chi connectivity index (χ3v) is 4.01. The number of aromatic nitrogens is 1. The van der Waals surface area contributed by atoms with Crippen molar-refractivity contribution < 1.29 is 0 Å². The van der Waals surface area contributed by atoms with Crippen LogP contribution in [0.15, 0.2) is 29.9 Å². The molecule has 15 heavy (non-hydrogen) atoms. The molecular formula is C11H11IN2S. The van der Waals surface area contributed by atoms with Crippen LogP contribution in [-0.2, 0) is 0 Å². The van der Waals surface area contributed by atoms with Crippen molar-refractivity contribution in [1.82, 2.24) is 4.98 Å². The van der Waals surface area contributed by atoms with Gasteiger partial charge in [0.2, 0.25) is 0 Å². The number of hydrogen-bond donors (Lipinski definition) is 1. The molecule has 2 nitrogen and oxygen atoms in total. The van der Waals surface area contributed by atoms with E-state index in [2.05, 4.69) is 45.1 Å². The second-order valence-corrected chi connectivity index (χ2v) is 6.26. The quantitative estimate of drug-likeness (QED) is 0.860. The molecule has 2 N–H and O–H groups in total. The van der Waals surface area contributed by atoms with Crippen LogP contribution in [0.25, 0.3) is 0 Å². The minimum atomic E-state index is -0.0582. The topological polar surface area (TPSA) is 38.9 Å². The molecule has 0 bridgehead atoms. The zero-order valence-corrected chi connectivity index (χ0v) is 11.2. The minimum absolute atomic E-state index is 0.0582. The van der Waals surface area contributed by atoms with Gasteiger partial charge in [0.05, 0.1) is 8.93 Å². The highest BCUT2D eigenvalue weighted by molar-refractivity contribution is 14.1. The van der Waals surface area contributed by atoms with E-state index in [4.69, 9.17) is 5.73 Å². The Kier molecular flexibility index (Phi) is 3.38. The summed E-state index contributed by atoms with van der Waals surface area (Å²) in [6, 6.07) is 4.15. The first kappa shape index (κ1) is 11.0. The lowest BCUT2D eigenvalue weighted by Gasteiger charge is -2.10. The van der Waals surface area contributed by atoms with Gasteiger partial charge in [-0.05, 0) is 57.7 Å². The molecule has 2 heterocycles. The molecule has 0 saturated heterocycles. The van der Waals surface area contributed by atoms with Crippen LogP contribution in [0.3, 0.4) is 0 Å². The van der Waals surface area contributed by atoms with Gasteiger partial charge in [-0.25, -0.2) is 0 Å². The lowest BCUT2D eigenvalue weighted by Crippen LogP contribution is -2.11. The first-order chi connectivity index (χ1) is 7.16. The normalized spacial score (nSPS) is 12.7. The Bertz CT molecular complexity index is 467. The van der Waals surface area contributed by atoms with Crippen LogP contribution in [0.2, 0.25) is 0 Å². The number of pyridine rings is 1. The van der Waals surface area contributed by atoms with E-state index in [-0.39, 0.29) is 6.04 Å². The molecule has 4 heteroatoms. The predicted molar refractivity (Wildman–Crippen MR) is 72.0 cm³/mol. The molecule has 0 aliphatic rings. The number of halogens is 1. The second kappa shape index (κ2) is 4.59. The molecule has 0 aromatic carbocycles. The van der Waals surface area contributed by atoms with Gasteiger partial charge in [-0.3, -0.25) is 4.98 Å². The summed E-state index contributed by atoms with van der Waals surface area (Å²) in [5, 5.41) is 2.11. The fraction of sp³-hybridized carbons (Fsp3) is 0.182. The molecule has 0 radical (unpaired) electrons. The molecular weight excluding hydrogens is 319 g/mol. The Labute approximate surface area is 107 Å². The standard InChI is InChI=1S/C11H11IN2S/c1-7-2-8(5-14-4-7)11(13)9-3-10(12)15-6-9/h2-6,11H,13H2,1H3. The van der Waals surface area contributed by atoms with Gasteiger partial charge in [0.1, 0.15) is 0 Å². The largest absolute Gasteiger partial charge is 0.320 e. The smallest absolute Gasteiger partial charge is 0.0656 e. The summed E-state index contributed by atoms with van der Waals surface area (Å²) in [5.74, 6) is 0. The average Bonchev–Trinajstić information content (AvgIpc) is 2.64. The molecule has 0 amide bonds. The molecule has 0 aliphatic carbocycles. The highest BCUT2D eigenvalue weighted by Gasteiger charge is 2.10. The van der Waals surface area contributed by atoms with Crippen LogP contribution < -0.4 is 5.73 Å². The van der Waals surface area contributed by atoms with Crippen molar-refractivity contribution in [1.29, 1.82) is 0 Å². The molecule has 1 atom stereocenters. The zero-order chi connectivity index (χ0) is 10.8. The van der Waals surface area contributed by atoms with E-state index in [1.54, 1.807) is 11.3 Å². The lowest BCUT2D eigenvalue weighted by atomic mass is 10.0. The van der Waals surface area contributed by atoms with E-state index in [1.807, 2.05) is 19.3 Å². The number of nitrogens with zero attached hydrogens (tertiary/aromatic N) is 1. The number of thiophene rings is 1. The fourth-order valence-corrected chi connectivity index (χ4v) is 2.84. The van der Waals surface area contributed by atoms with Crippen molar-refractivity contribution in [3.63, 3.8) is 0 Å². The highest BCUT2D eigenvalue weighted by Crippen LogP contribution is 2.25. The van der Waals surface area contributed by atoms with Crippen LogP contribution in [0, 0.1) is 9.81 Å². The summed E-state index contributed by atoms with van der Waals surface area (Å²) in [6.45, 7) is 2.03. The van der Waals surface area contributed by atoms with Gasteiger partial charge in [-0.15, -0.1) is 11.3 Å². The van der Waals surface area contributed by atoms with Gasteiger partial charge < -0.3 is 5.73 Å². The van der Waals surface area contributed by atoms with Crippen LogP contribution in [0.5, 0.6) is 0 Å². The van der Waals surface area contributed by atoms with E-state index in [9.17, 15) is 0 Å². The molecule has 78 valence electrons. The molecule has 2 rings (SSSR count). The third-order valence-electron chi connectivity index (χ3n) is 2.20. The summed E-state index contributed by atoms with van der Waals surface area (Å²) < 4.78 is 1.26. The highest BCUT2D eigenvalue weighted by atomic mass is 127. The van der Waals surface area contributed by atoms with Gasteiger partial charge >= 0.3 is 0 Å². The second-order valence-electron chi connectivity index (χ2n) is 3.46. The van der Waals surface area contributed by atoms with Gasteiger partial charge in [0.15, 0.2) is 0 Å². The molecule has 0 fully saturated rings. The van der Waals surface area contributed by atoms with Gasteiger partial charge in [-0.2, -0.15) is 0 Å². The summed E-state index contributed by atoms with van der Waals surface area (Å²) in [5.41, 5.74) is 9.55. The fourth-order valence-electron chi connectivity index (χ4n) is 1.43. The van der Waals surface area contributed by atoms with E-state index in [1.165, 1.54) is 2.88 Å². The maximum absolute atomic E-state index is 6.16. The van der Waals surface area contributed by atoms with E-state index in [0.29, 0.717) is 0 Å². The average molecular weight is 330 g/mol. The summed E-state index contributed by atoms with van der Waals surface area (Å²) >= 11 is 4.03. The van der Waals surface area contributed by atoms with Crippen molar-refractivity contribution in [3.8, 4) is 0 Å². The van der Waals surface area contributed by atoms with Crippen molar-refractivity contribution in [3.05, 3.63) is 49.5 Å². The lowest BCUT2D eigenvalue weighted by molar-refractivity contribution is 0.865. The SMILES string of the molecule is Cc1cncc(C(N)c2csc(I)c2)c1. The van der Waals surface area contributed by atoms with E-state index in [0.717, 1.165) is 16.7 Å². The summed E-state index contributed by atoms with van der Waals surface area (Å²) in [7, 11) is 0. The minimum Gasteiger partial charge on any atom is -0.320 e. The third kappa shape index (κ3) is 2.56. The molecule has 0 saturated carbocycles. The van der Waals surface area contributed by atoms with Gasteiger partial charge in [-0.1, -0.05) is 6.07 Å². The van der Waals surface area contributed by atoms with Crippen molar-refractivity contribution in [2.45, 2.75) is 13.0 Å². The summed E-state index contributed by atoms with van der Waals surface area (Å²) in [4.78, 5) is 4.16. The van der Waals surface area contributed by atoms with Crippen LogP contribution in [-0.4, -0.2) is 4.98 Å².